The van der Waals surface area contributed by atoms with Crippen molar-refractivity contribution in [3.8, 4) is 5.75 Å². The fourth-order valence-corrected chi connectivity index (χ4v) is 3.88. The van der Waals surface area contributed by atoms with Gasteiger partial charge in [0.2, 0.25) is 0 Å². The Morgan fingerprint density at radius 1 is 1.21 bits per heavy atom. The van der Waals surface area contributed by atoms with Crippen molar-refractivity contribution >= 4 is 32.7 Å². The van der Waals surface area contributed by atoms with Crippen molar-refractivity contribution in [1.29, 1.82) is 0 Å². The monoisotopic (exact) mass is 452 g/mol. The van der Waals surface area contributed by atoms with Crippen molar-refractivity contribution in [3.05, 3.63) is 63.8 Å². The maximum Gasteiger partial charge on any atom is 0.416 e. The average molecular weight is 453 g/mol. The van der Waals surface area contributed by atoms with Gasteiger partial charge >= 0.3 is 6.18 Å². The van der Waals surface area contributed by atoms with Gasteiger partial charge in [-0.1, -0.05) is 18.2 Å². The molecule has 1 N–H and O–H groups in total. The van der Waals surface area contributed by atoms with Crippen molar-refractivity contribution in [2.24, 2.45) is 0 Å². The molecule has 4 rings (SSSR count). The third kappa shape index (κ3) is 3.61. The Bertz CT molecular complexity index is 1050. The normalized spacial score (nSPS) is 14.2. The molecular weight excluding hydrogens is 437 g/mol. The smallest absolute Gasteiger partial charge is 0.416 e. The molecule has 0 atom stereocenters. The summed E-state index contributed by atoms with van der Waals surface area (Å²) in [5, 5.41) is 1.06. The summed E-state index contributed by atoms with van der Waals surface area (Å²) >= 11 is 3.53. The lowest BCUT2D eigenvalue weighted by molar-refractivity contribution is -0.137. The third-order valence-electron chi connectivity index (χ3n) is 4.84. The average Bonchev–Trinajstić information content (AvgIpc) is 3.05. The summed E-state index contributed by atoms with van der Waals surface area (Å²) in [4.78, 5) is 17.6. The molecule has 1 aromatic heterocycles. The Labute approximate surface area is 167 Å². The van der Waals surface area contributed by atoms with E-state index in [0.717, 1.165) is 38.8 Å². The first-order valence-electron chi connectivity index (χ1n) is 8.68. The number of ether oxygens (including phenoxy) is 1. The molecule has 0 bridgehead atoms. The molecule has 0 radical (unpaired) electrons. The number of amides is 1. The molecule has 146 valence electrons. The highest BCUT2D eigenvalue weighted by Gasteiger charge is 2.31. The Balaban J connectivity index is 1.46. The molecule has 3 aromatic rings. The van der Waals surface area contributed by atoms with Crippen LogP contribution in [0.3, 0.4) is 0 Å². The van der Waals surface area contributed by atoms with Gasteiger partial charge in [0.25, 0.3) is 5.91 Å². The lowest BCUT2D eigenvalue weighted by atomic mass is 10.0. The highest BCUT2D eigenvalue weighted by atomic mass is 79.9. The van der Waals surface area contributed by atoms with Crippen LogP contribution in [0.1, 0.15) is 16.8 Å². The Hall–Kier alpha value is -2.48. The molecule has 1 amide bonds. The summed E-state index contributed by atoms with van der Waals surface area (Å²) in [6, 6.07) is 10.4. The number of fused-ring (bicyclic) bond motifs is 3. The molecule has 1 aliphatic heterocycles. The molecule has 0 fully saturated rings. The number of halogens is 4. The van der Waals surface area contributed by atoms with Crippen LogP contribution >= 0.6 is 15.9 Å². The fraction of sp³-hybridized carbons (Fsp3) is 0.250. The maximum absolute atomic E-state index is 12.8. The molecule has 8 heteroatoms. The van der Waals surface area contributed by atoms with Crippen LogP contribution in [0.15, 0.2) is 46.9 Å². The van der Waals surface area contributed by atoms with E-state index < -0.39 is 11.7 Å². The molecule has 0 aliphatic carbocycles. The molecule has 0 saturated carbocycles. The van der Waals surface area contributed by atoms with Crippen LogP contribution < -0.4 is 4.74 Å². The zero-order valence-corrected chi connectivity index (χ0v) is 16.2. The Morgan fingerprint density at radius 3 is 2.79 bits per heavy atom. The first kappa shape index (κ1) is 18.9. The fourth-order valence-electron chi connectivity index (χ4n) is 3.41. The first-order valence-corrected chi connectivity index (χ1v) is 9.48. The minimum absolute atomic E-state index is 0.0249. The second kappa shape index (κ2) is 7.16. The molecule has 2 aromatic carbocycles. The highest BCUT2D eigenvalue weighted by molar-refractivity contribution is 9.10. The quantitative estimate of drug-likeness (QED) is 0.613. The number of rotatable bonds is 3. The molecular formula is C20H16BrF3N2O2. The van der Waals surface area contributed by atoms with Crippen molar-refractivity contribution in [2.75, 3.05) is 13.2 Å². The number of hydrogen-bond acceptors (Lipinski definition) is 2. The third-order valence-corrected chi connectivity index (χ3v) is 5.50. The van der Waals surface area contributed by atoms with E-state index >= 15 is 0 Å². The van der Waals surface area contributed by atoms with Crippen molar-refractivity contribution in [1.82, 2.24) is 9.88 Å². The number of alkyl halides is 3. The number of aromatic amines is 1. The van der Waals surface area contributed by atoms with Crippen LogP contribution in [-0.2, 0) is 23.9 Å². The van der Waals surface area contributed by atoms with Crippen LogP contribution in [-0.4, -0.2) is 28.9 Å². The van der Waals surface area contributed by atoms with Crippen LogP contribution in [0.2, 0.25) is 0 Å². The van der Waals surface area contributed by atoms with E-state index in [1.807, 2.05) is 18.2 Å². The Kier molecular flexibility index (Phi) is 4.82. The lowest BCUT2D eigenvalue weighted by Crippen LogP contribution is -2.38. The van der Waals surface area contributed by atoms with Gasteiger partial charge in [0.1, 0.15) is 5.75 Å². The van der Waals surface area contributed by atoms with Crippen molar-refractivity contribution in [3.63, 3.8) is 0 Å². The Morgan fingerprint density at radius 2 is 2.00 bits per heavy atom. The summed E-state index contributed by atoms with van der Waals surface area (Å²) in [5.41, 5.74) is 2.37. The number of nitrogens with one attached hydrogen (secondary N) is 1. The van der Waals surface area contributed by atoms with E-state index in [1.165, 1.54) is 12.1 Å². The zero-order valence-electron chi connectivity index (χ0n) is 14.6. The van der Waals surface area contributed by atoms with Gasteiger partial charge in [0.05, 0.1) is 11.1 Å². The van der Waals surface area contributed by atoms with Gasteiger partial charge in [-0.2, -0.15) is 13.2 Å². The van der Waals surface area contributed by atoms with Crippen LogP contribution in [0.5, 0.6) is 5.75 Å². The summed E-state index contributed by atoms with van der Waals surface area (Å²) in [5.74, 6) is -0.232. The molecule has 1 aliphatic rings. The van der Waals surface area contributed by atoms with Crippen molar-refractivity contribution < 1.29 is 22.7 Å². The standard InChI is InChI=1S/C20H16BrF3N2O2/c21-16-6-2-5-14-15-10-26(8-7-17(15)25-19(14)16)18(27)11-28-13-4-1-3-12(9-13)20(22,23)24/h1-6,9,25H,7-8,10-11H2. The summed E-state index contributed by atoms with van der Waals surface area (Å²) in [7, 11) is 0. The van der Waals surface area contributed by atoms with Gasteiger partial charge in [0.15, 0.2) is 6.61 Å². The second-order valence-corrected chi connectivity index (χ2v) is 7.48. The van der Waals surface area contributed by atoms with E-state index in [2.05, 4.69) is 20.9 Å². The molecule has 28 heavy (non-hydrogen) atoms. The molecule has 2 heterocycles. The second-order valence-electron chi connectivity index (χ2n) is 6.62. The minimum atomic E-state index is -4.45. The van der Waals surface area contributed by atoms with Gasteiger partial charge in [0, 0.05) is 40.6 Å². The van der Waals surface area contributed by atoms with E-state index in [9.17, 15) is 18.0 Å². The van der Waals surface area contributed by atoms with Crippen LogP contribution in [0.4, 0.5) is 13.2 Å². The number of carbonyl (C=O) groups excluding carboxylic acids is 1. The predicted molar refractivity (Wildman–Crippen MR) is 102 cm³/mol. The number of hydrogen-bond donors (Lipinski definition) is 1. The van der Waals surface area contributed by atoms with Crippen LogP contribution in [0.25, 0.3) is 10.9 Å². The largest absolute Gasteiger partial charge is 0.484 e. The zero-order chi connectivity index (χ0) is 19.9. The van der Waals surface area contributed by atoms with Crippen molar-refractivity contribution in [2.45, 2.75) is 19.1 Å². The number of carbonyl (C=O) groups is 1. The van der Waals surface area contributed by atoms with Gasteiger partial charge in [-0.15, -0.1) is 0 Å². The number of aromatic nitrogens is 1. The van der Waals surface area contributed by atoms with Gasteiger partial charge < -0.3 is 14.6 Å². The highest BCUT2D eigenvalue weighted by Crippen LogP contribution is 2.33. The molecule has 0 saturated heterocycles. The molecule has 4 nitrogen and oxygen atoms in total. The number of para-hydroxylation sites is 1. The summed E-state index contributed by atoms with van der Waals surface area (Å²) < 4.78 is 44.6. The predicted octanol–water partition coefficient (Wildman–Crippen LogP) is 4.91. The molecule has 0 spiro atoms. The number of benzene rings is 2. The van der Waals surface area contributed by atoms with Gasteiger partial charge in [-0.3, -0.25) is 4.79 Å². The summed E-state index contributed by atoms with van der Waals surface area (Å²) in [6.07, 6.45) is -3.76. The van der Waals surface area contributed by atoms with E-state index in [0.29, 0.717) is 19.5 Å². The first-order chi connectivity index (χ1) is 13.3. The van der Waals surface area contributed by atoms with Crippen LogP contribution in [0, 0.1) is 0 Å². The lowest BCUT2D eigenvalue weighted by Gasteiger charge is -2.27. The maximum atomic E-state index is 12.8. The minimum Gasteiger partial charge on any atom is -0.484 e. The topological polar surface area (TPSA) is 45.3 Å². The van der Waals surface area contributed by atoms with E-state index in [-0.39, 0.29) is 18.3 Å². The SMILES string of the molecule is O=C(COc1cccc(C(F)(F)F)c1)N1CCc2[nH]c3c(Br)cccc3c2C1. The van der Waals surface area contributed by atoms with Gasteiger partial charge in [-0.25, -0.2) is 0 Å². The van der Waals surface area contributed by atoms with E-state index in [4.69, 9.17) is 4.74 Å². The summed E-state index contributed by atoms with van der Waals surface area (Å²) in [6.45, 7) is 0.668. The number of H-pyrrole nitrogens is 1. The van der Waals surface area contributed by atoms with Gasteiger partial charge in [-0.05, 0) is 40.2 Å². The van der Waals surface area contributed by atoms with E-state index in [1.54, 1.807) is 4.90 Å². The molecule has 0 unspecified atom stereocenters. The number of nitrogens with zero attached hydrogens (tertiary/aromatic N) is 1.